The zero-order valence-electron chi connectivity index (χ0n) is 14.1. The zero-order valence-corrected chi connectivity index (χ0v) is 15.2. The summed E-state index contributed by atoms with van der Waals surface area (Å²) in [5, 5.41) is 20.2. The average Bonchev–Trinajstić information content (AvgIpc) is 2.90. The maximum absolute atomic E-state index is 11.6. The SMILES string of the molecule is CC(=O)Nc1c(C#N)c(-c2ccccc2)nn1C(CNP)C(C)C. The third-order valence-electron chi connectivity index (χ3n) is 3.77. The number of carbonyl (C=O) groups is 1. The Labute approximate surface area is 144 Å². The third kappa shape index (κ3) is 3.81. The lowest BCUT2D eigenvalue weighted by molar-refractivity contribution is -0.114. The second kappa shape index (κ2) is 8.05. The number of nitrogens with one attached hydrogen (secondary N) is 2. The summed E-state index contributed by atoms with van der Waals surface area (Å²) in [4.78, 5) is 11.6. The minimum absolute atomic E-state index is 0.00564. The van der Waals surface area contributed by atoms with Gasteiger partial charge in [0.05, 0.1) is 6.04 Å². The predicted molar refractivity (Wildman–Crippen MR) is 98.3 cm³/mol. The summed E-state index contributed by atoms with van der Waals surface area (Å²) in [5.74, 6) is 0.483. The van der Waals surface area contributed by atoms with E-state index < -0.39 is 0 Å². The quantitative estimate of drug-likeness (QED) is 0.790. The fraction of sp³-hybridized carbons (Fsp3) is 0.353. The van der Waals surface area contributed by atoms with Gasteiger partial charge in [0.15, 0.2) is 0 Å². The van der Waals surface area contributed by atoms with Crippen LogP contribution in [0.3, 0.4) is 0 Å². The number of nitriles is 1. The van der Waals surface area contributed by atoms with Crippen molar-refractivity contribution in [3.63, 3.8) is 0 Å². The number of rotatable bonds is 6. The van der Waals surface area contributed by atoms with Crippen LogP contribution in [-0.2, 0) is 4.79 Å². The number of amides is 1. The van der Waals surface area contributed by atoms with Crippen LogP contribution in [0.4, 0.5) is 5.82 Å². The molecule has 0 fully saturated rings. The molecule has 2 atom stereocenters. The standard InChI is InChI=1S/C17H22N5OP/c1-11(2)15(10-19-24)22-17(20-12(3)23)14(9-18)16(21-22)13-7-5-4-6-8-13/h4-8,11,15,19H,10,24H2,1-3H3,(H,20,23). The summed E-state index contributed by atoms with van der Waals surface area (Å²) >= 11 is 0. The molecule has 0 aliphatic rings. The van der Waals surface area contributed by atoms with Crippen molar-refractivity contribution in [2.45, 2.75) is 26.8 Å². The van der Waals surface area contributed by atoms with Crippen LogP contribution in [0.2, 0.25) is 0 Å². The van der Waals surface area contributed by atoms with Crippen LogP contribution in [0.25, 0.3) is 11.3 Å². The Morgan fingerprint density at radius 1 is 1.38 bits per heavy atom. The van der Waals surface area contributed by atoms with Crippen LogP contribution >= 0.6 is 9.39 Å². The van der Waals surface area contributed by atoms with Crippen molar-refractivity contribution in [1.29, 1.82) is 5.26 Å². The van der Waals surface area contributed by atoms with E-state index in [1.165, 1.54) is 6.92 Å². The van der Waals surface area contributed by atoms with Crippen molar-refractivity contribution in [1.82, 2.24) is 14.9 Å². The maximum Gasteiger partial charge on any atom is 0.222 e. The second-order valence-electron chi connectivity index (χ2n) is 5.90. The molecule has 2 unspecified atom stereocenters. The van der Waals surface area contributed by atoms with Gasteiger partial charge in [-0.1, -0.05) is 53.6 Å². The van der Waals surface area contributed by atoms with E-state index in [-0.39, 0.29) is 17.9 Å². The molecule has 2 N–H and O–H groups in total. The Hall–Kier alpha value is -2.22. The third-order valence-corrected chi connectivity index (χ3v) is 4.01. The van der Waals surface area contributed by atoms with Crippen LogP contribution in [0.1, 0.15) is 32.4 Å². The lowest BCUT2D eigenvalue weighted by atomic mass is 10.0. The first kappa shape index (κ1) is 18.1. The molecular weight excluding hydrogens is 321 g/mol. The van der Waals surface area contributed by atoms with Gasteiger partial charge >= 0.3 is 0 Å². The predicted octanol–water partition coefficient (Wildman–Crippen LogP) is 2.96. The Morgan fingerprint density at radius 3 is 2.54 bits per heavy atom. The Morgan fingerprint density at radius 2 is 2.04 bits per heavy atom. The molecule has 0 aliphatic heterocycles. The molecule has 6 nitrogen and oxygen atoms in total. The summed E-state index contributed by atoms with van der Waals surface area (Å²) < 4.78 is 1.75. The molecule has 126 valence electrons. The largest absolute Gasteiger partial charge is 0.310 e. The molecule has 0 saturated carbocycles. The fourth-order valence-corrected chi connectivity index (χ4v) is 2.83. The lowest BCUT2D eigenvalue weighted by Gasteiger charge is -2.23. The van der Waals surface area contributed by atoms with Crippen molar-refractivity contribution in [2.75, 3.05) is 11.9 Å². The van der Waals surface area contributed by atoms with Crippen molar-refractivity contribution in [3.8, 4) is 17.3 Å². The summed E-state index contributed by atoms with van der Waals surface area (Å²) in [6, 6.07) is 11.7. The molecule has 1 aromatic carbocycles. The first-order valence-electron chi connectivity index (χ1n) is 7.78. The van der Waals surface area contributed by atoms with Crippen molar-refractivity contribution >= 4 is 21.1 Å². The highest BCUT2D eigenvalue weighted by atomic mass is 31.0. The maximum atomic E-state index is 11.6. The van der Waals surface area contributed by atoms with Gasteiger partial charge in [-0.05, 0) is 5.92 Å². The number of nitrogens with zero attached hydrogens (tertiary/aromatic N) is 3. The normalized spacial score (nSPS) is 12.0. The fourth-order valence-electron chi connectivity index (χ4n) is 2.59. The highest BCUT2D eigenvalue weighted by Crippen LogP contribution is 2.32. The summed E-state index contributed by atoms with van der Waals surface area (Å²) in [6.45, 7) is 6.25. The van der Waals surface area contributed by atoms with E-state index in [0.29, 0.717) is 23.6 Å². The summed E-state index contributed by atoms with van der Waals surface area (Å²) in [7, 11) is 2.48. The van der Waals surface area contributed by atoms with Gasteiger partial charge in [-0.2, -0.15) is 10.4 Å². The number of hydrogen-bond donors (Lipinski definition) is 2. The number of benzene rings is 1. The van der Waals surface area contributed by atoms with Crippen LogP contribution in [-0.4, -0.2) is 22.2 Å². The van der Waals surface area contributed by atoms with E-state index in [0.717, 1.165) is 5.56 Å². The van der Waals surface area contributed by atoms with Gasteiger partial charge in [0.1, 0.15) is 23.1 Å². The summed E-state index contributed by atoms with van der Waals surface area (Å²) in [5.41, 5.74) is 1.81. The highest BCUT2D eigenvalue weighted by Gasteiger charge is 2.26. The molecule has 7 heteroatoms. The zero-order chi connectivity index (χ0) is 17.7. The van der Waals surface area contributed by atoms with E-state index >= 15 is 0 Å². The van der Waals surface area contributed by atoms with Crippen molar-refractivity contribution < 1.29 is 4.79 Å². The number of hydrogen-bond acceptors (Lipinski definition) is 4. The van der Waals surface area contributed by atoms with Gasteiger partial charge in [0, 0.05) is 19.0 Å². The first-order valence-corrected chi connectivity index (χ1v) is 8.36. The van der Waals surface area contributed by atoms with Crippen LogP contribution in [0.15, 0.2) is 30.3 Å². The minimum atomic E-state index is -0.228. The van der Waals surface area contributed by atoms with Gasteiger partial charge in [-0.15, -0.1) is 0 Å². The Balaban J connectivity index is 2.67. The molecule has 0 aliphatic carbocycles. The van der Waals surface area contributed by atoms with E-state index in [9.17, 15) is 10.1 Å². The highest BCUT2D eigenvalue weighted by molar-refractivity contribution is 7.13. The van der Waals surface area contributed by atoms with E-state index in [4.69, 9.17) is 0 Å². The number of aromatic nitrogens is 2. The molecule has 0 radical (unpaired) electrons. The minimum Gasteiger partial charge on any atom is -0.310 e. The molecular formula is C17H22N5OP. The molecule has 2 rings (SSSR count). The first-order chi connectivity index (χ1) is 11.5. The van der Waals surface area contributed by atoms with Gasteiger partial charge in [0.2, 0.25) is 5.91 Å². The van der Waals surface area contributed by atoms with Crippen molar-refractivity contribution in [3.05, 3.63) is 35.9 Å². The molecule has 1 heterocycles. The molecule has 24 heavy (non-hydrogen) atoms. The monoisotopic (exact) mass is 343 g/mol. The van der Waals surface area contributed by atoms with Crippen LogP contribution < -0.4 is 10.4 Å². The van der Waals surface area contributed by atoms with Gasteiger partial charge in [0.25, 0.3) is 0 Å². The molecule has 0 saturated heterocycles. The summed E-state index contributed by atoms with van der Waals surface area (Å²) in [6.07, 6.45) is 0. The van der Waals surface area contributed by atoms with Crippen LogP contribution in [0, 0.1) is 17.2 Å². The Bertz CT molecular complexity index is 748. The topological polar surface area (TPSA) is 82.7 Å². The average molecular weight is 343 g/mol. The molecule has 2 aromatic rings. The molecule has 1 amide bonds. The lowest BCUT2D eigenvalue weighted by Crippen LogP contribution is -2.27. The van der Waals surface area contributed by atoms with Crippen molar-refractivity contribution in [2.24, 2.45) is 5.92 Å². The van der Waals surface area contributed by atoms with Crippen LogP contribution in [0.5, 0.6) is 0 Å². The van der Waals surface area contributed by atoms with Gasteiger partial charge < -0.3 is 5.32 Å². The van der Waals surface area contributed by atoms with E-state index in [2.05, 4.69) is 44.8 Å². The molecule has 0 spiro atoms. The van der Waals surface area contributed by atoms with Gasteiger partial charge in [-0.3, -0.25) is 9.88 Å². The smallest absolute Gasteiger partial charge is 0.222 e. The van der Waals surface area contributed by atoms with Gasteiger partial charge in [-0.25, -0.2) is 4.68 Å². The van der Waals surface area contributed by atoms with E-state index in [1.807, 2.05) is 30.3 Å². The molecule has 1 aromatic heterocycles. The Kier molecular flexibility index (Phi) is 6.08. The number of carbonyl (C=O) groups excluding carboxylic acids is 1. The molecule has 0 bridgehead atoms. The number of anilines is 1. The second-order valence-corrected chi connectivity index (χ2v) is 6.30. The van der Waals surface area contributed by atoms with E-state index in [1.54, 1.807) is 4.68 Å².